The van der Waals surface area contributed by atoms with Crippen molar-refractivity contribution in [2.75, 3.05) is 0 Å². The lowest BCUT2D eigenvalue weighted by molar-refractivity contribution is 0.688. The van der Waals surface area contributed by atoms with Gasteiger partial charge in [0.25, 0.3) is 0 Å². The molecule has 0 aliphatic heterocycles. The minimum atomic E-state index is 0.929. The highest BCUT2D eigenvalue weighted by atomic mass is 14.9. The Balaban J connectivity index is 1.80. The number of rotatable bonds is 5. The predicted molar refractivity (Wildman–Crippen MR) is 67.1 cm³/mol. The highest BCUT2D eigenvalue weighted by Gasteiger charge is 1.95. The van der Waals surface area contributed by atoms with Gasteiger partial charge in [-0.05, 0) is 24.1 Å². The highest BCUT2D eigenvalue weighted by Crippen LogP contribution is 2.02. The molecule has 84 valence electrons. The Morgan fingerprint density at radius 1 is 1.00 bits per heavy atom. The minimum Gasteiger partial charge on any atom is -0.354 e. The molecule has 0 fully saturated rings. The second-order valence-electron chi connectivity index (χ2n) is 3.94. The number of benzene rings is 1. The van der Waals surface area contributed by atoms with Crippen molar-refractivity contribution in [1.29, 1.82) is 0 Å². The molecule has 0 spiro atoms. The van der Waals surface area contributed by atoms with Crippen LogP contribution >= 0.6 is 0 Å². The summed E-state index contributed by atoms with van der Waals surface area (Å²) in [5.41, 5.74) is 2.68. The minimum absolute atomic E-state index is 0.929. The molecule has 1 aromatic carbocycles. The van der Waals surface area contributed by atoms with Crippen molar-refractivity contribution >= 4 is 0 Å². The molecule has 0 unspecified atom stereocenters. The Morgan fingerprint density at radius 3 is 2.44 bits per heavy atom. The monoisotopic (exact) mass is 214 g/mol. The first-order valence-electron chi connectivity index (χ1n) is 5.78. The Kier molecular flexibility index (Phi) is 3.78. The summed E-state index contributed by atoms with van der Waals surface area (Å²) in [4.78, 5) is 0. The van der Waals surface area contributed by atoms with E-state index in [1.807, 2.05) is 6.07 Å². The maximum absolute atomic E-state index is 3.44. The van der Waals surface area contributed by atoms with Crippen molar-refractivity contribution in [3.05, 3.63) is 59.9 Å². The molecule has 0 amide bonds. The largest absolute Gasteiger partial charge is 0.354 e. The maximum atomic E-state index is 3.44. The summed E-state index contributed by atoms with van der Waals surface area (Å²) in [6.07, 6.45) is 4.32. The Hall–Kier alpha value is -1.54. The van der Waals surface area contributed by atoms with Gasteiger partial charge in [-0.2, -0.15) is 0 Å². The van der Waals surface area contributed by atoms with Gasteiger partial charge in [-0.15, -0.1) is 0 Å². The van der Waals surface area contributed by atoms with E-state index in [1.165, 1.54) is 11.1 Å². The second kappa shape index (κ2) is 5.52. The molecule has 0 radical (unpaired) electrons. The first-order chi connectivity index (χ1) is 7.88. The molecule has 2 heteroatoms. The summed E-state index contributed by atoms with van der Waals surface area (Å²) in [6, 6.07) is 12.6. The molecule has 0 aliphatic carbocycles. The van der Waals surface area contributed by atoms with Crippen LogP contribution in [0, 0.1) is 0 Å². The second-order valence-corrected chi connectivity index (χ2v) is 3.94. The molecule has 1 aromatic heterocycles. The van der Waals surface area contributed by atoms with Crippen LogP contribution in [-0.2, 0) is 19.6 Å². The average Bonchev–Trinajstić information content (AvgIpc) is 2.78. The summed E-state index contributed by atoms with van der Waals surface area (Å²) in [7, 11) is 0. The van der Waals surface area contributed by atoms with E-state index in [2.05, 4.69) is 59.5 Å². The van der Waals surface area contributed by atoms with E-state index in [0.29, 0.717) is 0 Å². The number of nitrogens with zero attached hydrogens (tertiary/aromatic N) is 1. The van der Waals surface area contributed by atoms with Gasteiger partial charge in [0.05, 0.1) is 0 Å². The zero-order chi connectivity index (χ0) is 11.2. The van der Waals surface area contributed by atoms with Gasteiger partial charge in [-0.1, -0.05) is 30.3 Å². The summed E-state index contributed by atoms with van der Waals surface area (Å²) in [5, 5.41) is 3.44. The zero-order valence-electron chi connectivity index (χ0n) is 9.69. The summed E-state index contributed by atoms with van der Waals surface area (Å²) in [5.74, 6) is 0. The number of hydrogen-bond acceptors (Lipinski definition) is 1. The summed E-state index contributed by atoms with van der Waals surface area (Å²) >= 11 is 0. The molecule has 1 heterocycles. The van der Waals surface area contributed by atoms with Gasteiger partial charge >= 0.3 is 0 Å². The van der Waals surface area contributed by atoms with Gasteiger partial charge in [0.1, 0.15) is 0 Å². The molecule has 16 heavy (non-hydrogen) atoms. The van der Waals surface area contributed by atoms with Gasteiger partial charge < -0.3 is 9.88 Å². The third-order valence-corrected chi connectivity index (χ3v) is 2.68. The third kappa shape index (κ3) is 2.97. The SMILES string of the molecule is CCn1ccc(CNCc2ccccc2)c1. The van der Waals surface area contributed by atoms with E-state index in [-0.39, 0.29) is 0 Å². The first-order valence-corrected chi connectivity index (χ1v) is 5.78. The fourth-order valence-electron chi connectivity index (χ4n) is 1.74. The summed E-state index contributed by atoms with van der Waals surface area (Å²) in [6.45, 7) is 5.06. The van der Waals surface area contributed by atoms with Crippen LogP contribution in [0.4, 0.5) is 0 Å². The fraction of sp³-hybridized carbons (Fsp3) is 0.286. The quantitative estimate of drug-likeness (QED) is 0.810. The number of hydrogen-bond donors (Lipinski definition) is 1. The van der Waals surface area contributed by atoms with E-state index in [1.54, 1.807) is 0 Å². The van der Waals surface area contributed by atoms with Crippen LogP contribution in [0.5, 0.6) is 0 Å². The van der Waals surface area contributed by atoms with Crippen LogP contribution < -0.4 is 5.32 Å². The molecule has 0 aliphatic rings. The molecule has 2 nitrogen and oxygen atoms in total. The van der Waals surface area contributed by atoms with Crippen LogP contribution in [0.1, 0.15) is 18.1 Å². The predicted octanol–water partition coefficient (Wildman–Crippen LogP) is 2.80. The molecule has 0 saturated heterocycles. The molecular formula is C14H18N2. The molecule has 1 N–H and O–H groups in total. The van der Waals surface area contributed by atoms with Crippen molar-refractivity contribution in [3.8, 4) is 0 Å². The highest BCUT2D eigenvalue weighted by molar-refractivity contribution is 5.15. The molecular weight excluding hydrogens is 196 g/mol. The molecule has 0 atom stereocenters. The van der Waals surface area contributed by atoms with Crippen LogP contribution in [0.3, 0.4) is 0 Å². The fourth-order valence-corrected chi connectivity index (χ4v) is 1.74. The van der Waals surface area contributed by atoms with Crippen molar-refractivity contribution in [3.63, 3.8) is 0 Å². The van der Waals surface area contributed by atoms with E-state index in [9.17, 15) is 0 Å². The van der Waals surface area contributed by atoms with E-state index in [0.717, 1.165) is 19.6 Å². The lowest BCUT2D eigenvalue weighted by atomic mass is 10.2. The summed E-state index contributed by atoms with van der Waals surface area (Å²) < 4.78 is 2.19. The van der Waals surface area contributed by atoms with E-state index < -0.39 is 0 Å². The molecule has 0 bridgehead atoms. The number of aromatic nitrogens is 1. The Morgan fingerprint density at radius 2 is 1.75 bits per heavy atom. The molecule has 2 rings (SSSR count). The first kappa shape index (κ1) is 11.0. The van der Waals surface area contributed by atoms with Crippen LogP contribution in [-0.4, -0.2) is 4.57 Å². The molecule has 0 saturated carbocycles. The van der Waals surface area contributed by atoms with Gasteiger partial charge in [0.15, 0.2) is 0 Å². The number of aryl methyl sites for hydroxylation is 1. The molecule has 2 aromatic rings. The van der Waals surface area contributed by atoms with Crippen LogP contribution in [0.25, 0.3) is 0 Å². The van der Waals surface area contributed by atoms with Crippen LogP contribution in [0.15, 0.2) is 48.8 Å². The van der Waals surface area contributed by atoms with Crippen molar-refractivity contribution < 1.29 is 0 Å². The topological polar surface area (TPSA) is 17.0 Å². The van der Waals surface area contributed by atoms with Gasteiger partial charge in [-0.3, -0.25) is 0 Å². The third-order valence-electron chi connectivity index (χ3n) is 2.68. The zero-order valence-corrected chi connectivity index (χ0v) is 9.69. The van der Waals surface area contributed by atoms with Crippen molar-refractivity contribution in [2.45, 2.75) is 26.6 Å². The normalized spacial score (nSPS) is 10.6. The van der Waals surface area contributed by atoms with Gasteiger partial charge in [-0.25, -0.2) is 0 Å². The van der Waals surface area contributed by atoms with Crippen molar-refractivity contribution in [1.82, 2.24) is 9.88 Å². The Bertz CT molecular complexity index is 417. The average molecular weight is 214 g/mol. The smallest absolute Gasteiger partial charge is 0.0223 e. The lowest BCUT2D eigenvalue weighted by Crippen LogP contribution is -2.12. The van der Waals surface area contributed by atoms with Gasteiger partial charge in [0, 0.05) is 32.0 Å². The van der Waals surface area contributed by atoms with E-state index in [4.69, 9.17) is 0 Å². The lowest BCUT2D eigenvalue weighted by Gasteiger charge is -2.03. The number of nitrogens with one attached hydrogen (secondary N) is 1. The van der Waals surface area contributed by atoms with Crippen molar-refractivity contribution in [2.24, 2.45) is 0 Å². The standard InChI is InChI=1S/C14H18N2/c1-2-16-9-8-14(12-16)11-15-10-13-6-4-3-5-7-13/h3-9,12,15H,2,10-11H2,1H3. The maximum Gasteiger partial charge on any atom is 0.0223 e. The Labute approximate surface area is 96.9 Å². The van der Waals surface area contributed by atoms with Gasteiger partial charge in [0.2, 0.25) is 0 Å². The van der Waals surface area contributed by atoms with Crippen LogP contribution in [0.2, 0.25) is 0 Å². The van der Waals surface area contributed by atoms with E-state index >= 15 is 0 Å².